The van der Waals surface area contributed by atoms with Crippen molar-refractivity contribution in [3.8, 4) is 11.4 Å². The van der Waals surface area contributed by atoms with Gasteiger partial charge in [-0.1, -0.05) is 47.6 Å². The van der Waals surface area contributed by atoms with Gasteiger partial charge >= 0.3 is 0 Å². The van der Waals surface area contributed by atoms with Gasteiger partial charge in [-0.3, -0.25) is 9.69 Å². The molecule has 1 aromatic heterocycles. The van der Waals surface area contributed by atoms with Gasteiger partial charge in [0, 0.05) is 44.0 Å². The predicted octanol–water partition coefficient (Wildman–Crippen LogP) is 3.91. The summed E-state index contributed by atoms with van der Waals surface area (Å²) in [4.78, 5) is 24.7. The maximum atomic E-state index is 13.3. The van der Waals surface area contributed by atoms with Gasteiger partial charge in [-0.15, -0.1) is 0 Å². The topological polar surface area (TPSA) is 65.7 Å². The van der Waals surface area contributed by atoms with E-state index in [4.69, 9.17) is 4.52 Å². The molecule has 2 aromatic carbocycles. The van der Waals surface area contributed by atoms with Crippen LogP contribution in [0.3, 0.4) is 0 Å². The SMILES string of the molecule is Cc1cccc(N2CCN(C(=O)C3CCCN(Cc4nc(-c5ccccc5)no4)C3)CC2)c1C. The van der Waals surface area contributed by atoms with E-state index in [-0.39, 0.29) is 5.92 Å². The van der Waals surface area contributed by atoms with Gasteiger partial charge in [0.1, 0.15) is 0 Å². The van der Waals surface area contributed by atoms with Crippen molar-refractivity contribution in [1.29, 1.82) is 0 Å². The molecule has 5 rings (SSSR count). The maximum Gasteiger partial charge on any atom is 0.241 e. The van der Waals surface area contributed by atoms with Crippen molar-refractivity contribution >= 4 is 11.6 Å². The van der Waals surface area contributed by atoms with Crippen LogP contribution in [0.4, 0.5) is 5.69 Å². The standard InChI is InChI=1S/C27H33N5O2/c1-20-8-6-12-24(21(20)2)31-14-16-32(17-15-31)27(33)23-11-7-13-30(18-23)19-25-28-26(29-34-25)22-9-4-3-5-10-22/h3-6,8-10,12,23H,7,11,13-19H2,1-2H3. The number of nitrogens with zero attached hydrogens (tertiary/aromatic N) is 5. The number of aryl methyl sites for hydroxylation is 1. The van der Waals surface area contributed by atoms with E-state index in [9.17, 15) is 4.79 Å². The largest absolute Gasteiger partial charge is 0.368 e. The van der Waals surface area contributed by atoms with Crippen molar-refractivity contribution in [2.75, 3.05) is 44.2 Å². The fourth-order valence-corrected chi connectivity index (χ4v) is 5.12. The Morgan fingerprint density at radius 2 is 1.79 bits per heavy atom. The van der Waals surface area contributed by atoms with Crippen molar-refractivity contribution in [3.63, 3.8) is 0 Å². The van der Waals surface area contributed by atoms with E-state index in [0.717, 1.165) is 57.7 Å². The summed E-state index contributed by atoms with van der Waals surface area (Å²) < 4.78 is 5.50. The van der Waals surface area contributed by atoms with E-state index in [1.165, 1.54) is 16.8 Å². The minimum absolute atomic E-state index is 0.0394. The Morgan fingerprint density at radius 3 is 2.59 bits per heavy atom. The summed E-state index contributed by atoms with van der Waals surface area (Å²) >= 11 is 0. The third-order valence-corrected chi connectivity index (χ3v) is 7.22. The maximum absolute atomic E-state index is 13.3. The monoisotopic (exact) mass is 459 g/mol. The molecule has 7 heteroatoms. The van der Waals surface area contributed by atoms with Crippen LogP contribution >= 0.6 is 0 Å². The fourth-order valence-electron chi connectivity index (χ4n) is 5.12. The van der Waals surface area contributed by atoms with E-state index >= 15 is 0 Å². The molecule has 7 nitrogen and oxygen atoms in total. The zero-order valence-electron chi connectivity index (χ0n) is 20.1. The summed E-state index contributed by atoms with van der Waals surface area (Å²) in [6.45, 7) is 9.97. The zero-order chi connectivity index (χ0) is 23.5. The molecule has 178 valence electrons. The second-order valence-electron chi connectivity index (χ2n) is 9.48. The third-order valence-electron chi connectivity index (χ3n) is 7.22. The summed E-state index contributed by atoms with van der Waals surface area (Å²) in [6.07, 6.45) is 1.96. The van der Waals surface area contributed by atoms with Crippen molar-refractivity contribution in [2.24, 2.45) is 5.92 Å². The van der Waals surface area contributed by atoms with Crippen LogP contribution in [0, 0.1) is 19.8 Å². The molecule has 1 unspecified atom stereocenters. The second-order valence-corrected chi connectivity index (χ2v) is 9.48. The van der Waals surface area contributed by atoms with Crippen LogP contribution < -0.4 is 4.90 Å². The molecular formula is C27H33N5O2. The minimum atomic E-state index is 0.0394. The highest BCUT2D eigenvalue weighted by Crippen LogP contribution is 2.26. The van der Waals surface area contributed by atoms with E-state index in [2.05, 4.69) is 56.9 Å². The molecule has 2 fully saturated rings. The van der Waals surface area contributed by atoms with E-state index in [0.29, 0.717) is 24.2 Å². The lowest BCUT2D eigenvalue weighted by molar-refractivity contribution is -0.137. The molecule has 2 aliphatic rings. The number of likely N-dealkylation sites (tertiary alicyclic amines) is 1. The van der Waals surface area contributed by atoms with Crippen molar-refractivity contribution < 1.29 is 9.32 Å². The zero-order valence-corrected chi connectivity index (χ0v) is 20.1. The number of hydrogen-bond donors (Lipinski definition) is 0. The minimum Gasteiger partial charge on any atom is -0.368 e. The Balaban J connectivity index is 1.16. The average molecular weight is 460 g/mol. The van der Waals surface area contributed by atoms with Crippen LogP contribution in [0.15, 0.2) is 53.1 Å². The molecule has 34 heavy (non-hydrogen) atoms. The Kier molecular flexibility index (Phi) is 6.63. The molecule has 0 saturated carbocycles. The number of piperidine rings is 1. The van der Waals surface area contributed by atoms with Crippen LogP contribution in [-0.4, -0.2) is 65.1 Å². The first-order valence-electron chi connectivity index (χ1n) is 12.3. The molecule has 0 aliphatic carbocycles. The van der Waals surface area contributed by atoms with Gasteiger partial charge in [-0.05, 0) is 50.4 Å². The lowest BCUT2D eigenvalue weighted by atomic mass is 9.96. The van der Waals surface area contributed by atoms with Crippen molar-refractivity contribution in [2.45, 2.75) is 33.2 Å². The third kappa shape index (κ3) is 4.85. The summed E-state index contributed by atoms with van der Waals surface area (Å²) in [5.41, 5.74) is 4.90. The molecule has 3 heterocycles. The highest BCUT2D eigenvalue weighted by atomic mass is 16.5. The Hall–Kier alpha value is -3.19. The highest BCUT2D eigenvalue weighted by Gasteiger charge is 2.32. The molecular weight excluding hydrogens is 426 g/mol. The van der Waals surface area contributed by atoms with Crippen LogP contribution in [0.5, 0.6) is 0 Å². The summed E-state index contributed by atoms with van der Waals surface area (Å²) in [5, 5.41) is 4.13. The molecule has 0 N–H and O–H groups in total. The quantitative estimate of drug-likeness (QED) is 0.576. The van der Waals surface area contributed by atoms with Gasteiger partial charge in [0.25, 0.3) is 0 Å². The number of benzene rings is 2. The van der Waals surface area contributed by atoms with E-state index in [1.807, 2.05) is 30.3 Å². The van der Waals surface area contributed by atoms with Gasteiger partial charge < -0.3 is 14.3 Å². The number of aromatic nitrogens is 2. The predicted molar refractivity (Wildman–Crippen MR) is 132 cm³/mol. The van der Waals surface area contributed by atoms with Gasteiger partial charge in [0.2, 0.25) is 17.6 Å². The highest BCUT2D eigenvalue weighted by molar-refractivity contribution is 5.79. The van der Waals surface area contributed by atoms with Crippen molar-refractivity contribution in [1.82, 2.24) is 19.9 Å². The average Bonchev–Trinajstić information content (AvgIpc) is 3.34. The molecule has 0 bridgehead atoms. The molecule has 1 atom stereocenters. The summed E-state index contributed by atoms with van der Waals surface area (Å²) in [5.74, 6) is 1.55. The Morgan fingerprint density at radius 1 is 1.00 bits per heavy atom. The summed E-state index contributed by atoms with van der Waals surface area (Å²) in [6, 6.07) is 16.3. The fraction of sp³-hybridized carbons (Fsp3) is 0.444. The number of amides is 1. The van der Waals surface area contributed by atoms with Gasteiger partial charge in [-0.25, -0.2) is 0 Å². The first-order valence-corrected chi connectivity index (χ1v) is 12.3. The lowest BCUT2D eigenvalue weighted by Gasteiger charge is -2.40. The van der Waals surface area contributed by atoms with Crippen LogP contribution in [0.1, 0.15) is 29.9 Å². The Labute approximate surface area is 201 Å². The number of anilines is 1. The van der Waals surface area contributed by atoms with Crippen LogP contribution in [0.2, 0.25) is 0 Å². The second kappa shape index (κ2) is 9.97. The van der Waals surface area contributed by atoms with Gasteiger partial charge in [0.05, 0.1) is 12.5 Å². The smallest absolute Gasteiger partial charge is 0.241 e. The van der Waals surface area contributed by atoms with Crippen molar-refractivity contribution in [3.05, 3.63) is 65.5 Å². The van der Waals surface area contributed by atoms with Gasteiger partial charge in [0.15, 0.2) is 0 Å². The molecule has 2 aliphatic heterocycles. The molecule has 3 aromatic rings. The molecule has 0 spiro atoms. The number of carbonyl (C=O) groups is 1. The normalized spacial score (nSPS) is 19.4. The molecule has 0 radical (unpaired) electrons. The molecule has 2 saturated heterocycles. The van der Waals surface area contributed by atoms with E-state index in [1.54, 1.807) is 0 Å². The number of hydrogen-bond acceptors (Lipinski definition) is 6. The first-order chi connectivity index (χ1) is 16.6. The molecule has 1 amide bonds. The van der Waals surface area contributed by atoms with E-state index < -0.39 is 0 Å². The lowest BCUT2D eigenvalue weighted by Crippen LogP contribution is -2.52. The Bertz CT molecular complexity index is 1120. The number of carbonyl (C=O) groups excluding carboxylic acids is 1. The number of piperazine rings is 1. The number of rotatable bonds is 5. The first kappa shape index (κ1) is 22.6. The van der Waals surface area contributed by atoms with Crippen LogP contribution in [-0.2, 0) is 11.3 Å². The summed E-state index contributed by atoms with van der Waals surface area (Å²) in [7, 11) is 0. The van der Waals surface area contributed by atoms with Crippen LogP contribution in [0.25, 0.3) is 11.4 Å². The van der Waals surface area contributed by atoms with Gasteiger partial charge in [-0.2, -0.15) is 4.98 Å².